The van der Waals surface area contributed by atoms with E-state index in [0.717, 1.165) is 37.2 Å². The summed E-state index contributed by atoms with van der Waals surface area (Å²) in [5.41, 5.74) is 4.05. The van der Waals surface area contributed by atoms with Gasteiger partial charge in [0, 0.05) is 28.7 Å². The van der Waals surface area contributed by atoms with Crippen molar-refractivity contribution in [2.45, 2.75) is 31.5 Å². The van der Waals surface area contributed by atoms with Crippen LogP contribution in [0.3, 0.4) is 0 Å². The highest BCUT2D eigenvalue weighted by atomic mass is 32.1. The number of nitrogens with one attached hydrogen (secondary N) is 2. The van der Waals surface area contributed by atoms with Gasteiger partial charge in [-0.15, -0.1) is 11.3 Å². The van der Waals surface area contributed by atoms with E-state index in [1.807, 2.05) is 42.5 Å². The van der Waals surface area contributed by atoms with Crippen LogP contribution >= 0.6 is 11.3 Å². The Morgan fingerprint density at radius 2 is 1.70 bits per heavy atom. The average molecular weight is 595 g/mol. The molecule has 4 amide bonds. The number of fused-ring (bicyclic) bond motifs is 1. The summed E-state index contributed by atoms with van der Waals surface area (Å²) in [6.45, 7) is 1.62. The van der Waals surface area contributed by atoms with Gasteiger partial charge in [-0.25, -0.2) is 4.98 Å². The largest absolute Gasteiger partial charge is 0.486 e. The van der Waals surface area contributed by atoms with Crippen LogP contribution in [0.25, 0.3) is 21.7 Å². The zero-order valence-electron chi connectivity index (χ0n) is 22.9. The highest BCUT2D eigenvalue weighted by molar-refractivity contribution is 7.15. The van der Waals surface area contributed by atoms with Crippen LogP contribution in [-0.4, -0.2) is 58.9 Å². The molecule has 2 N–H and O–H groups in total. The number of benzene rings is 3. The van der Waals surface area contributed by atoms with Gasteiger partial charge in [-0.3, -0.25) is 29.4 Å². The number of thiazole rings is 1. The van der Waals surface area contributed by atoms with E-state index in [4.69, 9.17) is 9.47 Å². The van der Waals surface area contributed by atoms with Crippen LogP contribution in [0.15, 0.2) is 72.9 Å². The Labute approximate surface area is 250 Å². The Balaban J connectivity index is 1.08. The van der Waals surface area contributed by atoms with E-state index in [1.54, 1.807) is 24.4 Å². The van der Waals surface area contributed by atoms with Gasteiger partial charge in [-0.2, -0.15) is 0 Å². The minimum atomic E-state index is -1.01. The summed E-state index contributed by atoms with van der Waals surface area (Å²) < 4.78 is 11.1. The molecule has 4 heterocycles. The second-order valence-corrected chi connectivity index (χ2v) is 11.6. The Morgan fingerprint density at radius 1 is 0.930 bits per heavy atom. The Hall–Kier alpha value is -4.87. The first-order valence-electron chi connectivity index (χ1n) is 13.9. The van der Waals surface area contributed by atoms with Gasteiger partial charge in [0.25, 0.3) is 11.8 Å². The minimum absolute atomic E-state index is 0.0712. The molecule has 3 aromatic carbocycles. The van der Waals surface area contributed by atoms with Gasteiger partial charge >= 0.3 is 0 Å². The summed E-state index contributed by atoms with van der Waals surface area (Å²) in [5.74, 6) is -1.31. The third kappa shape index (κ3) is 5.06. The van der Waals surface area contributed by atoms with Gasteiger partial charge in [0.15, 0.2) is 0 Å². The first kappa shape index (κ1) is 27.0. The second-order valence-electron chi connectivity index (χ2n) is 10.5. The number of piperidine rings is 1. The lowest BCUT2D eigenvalue weighted by Crippen LogP contribution is -2.54. The number of carbonyl (C=O) groups excluding carboxylic acids is 4. The lowest BCUT2D eigenvalue weighted by atomic mass is 10.00. The molecule has 1 unspecified atom stereocenters. The van der Waals surface area contributed by atoms with Gasteiger partial charge in [-0.1, -0.05) is 42.5 Å². The lowest BCUT2D eigenvalue weighted by molar-refractivity contribution is -0.136. The number of hydrogen-bond donors (Lipinski definition) is 2. The average Bonchev–Trinajstić information content (AvgIpc) is 3.57. The molecule has 7 rings (SSSR count). The highest BCUT2D eigenvalue weighted by Crippen LogP contribution is 2.36. The Kier molecular flexibility index (Phi) is 6.96. The van der Waals surface area contributed by atoms with Crippen LogP contribution in [0.2, 0.25) is 0 Å². The van der Waals surface area contributed by atoms with E-state index >= 15 is 0 Å². The van der Waals surface area contributed by atoms with Crippen LogP contribution in [0, 0.1) is 0 Å². The van der Waals surface area contributed by atoms with E-state index in [1.165, 1.54) is 11.3 Å². The number of hydrogen-bond acceptors (Lipinski definition) is 9. The number of nitrogens with zero attached hydrogens (tertiary/aromatic N) is 2. The van der Waals surface area contributed by atoms with Crippen LogP contribution < -0.4 is 15.4 Å². The van der Waals surface area contributed by atoms with Crippen molar-refractivity contribution >= 4 is 40.7 Å². The van der Waals surface area contributed by atoms with E-state index < -0.39 is 29.7 Å². The maximum Gasteiger partial charge on any atom is 0.264 e. The van der Waals surface area contributed by atoms with Crippen molar-refractivity contribution in [3.63, 3.8) is 0 Å². The van der Waals surface area contributed by atoms with E-state index in [-0.39, 0.29) is 30.1 Å². The monoisotopic (exact) mass is 594 g/mol. The standard InChI is InChI=1S/C32H26N4O6S/c37-27-13-12-26(29(38)35-27)36-31(39)24-6-3-7-25(28(24)32(36)40)33-14-21-15-34-30(43-21)23-5-2-1-4-22(23)18-8-10-19(11-9-18)42-20-16-41-17-20/h1-11,15,20,26,33H,12-14,16-17H2,(H,35,37,38). The van der Waals surface area contributed by atoms with Gasteiger partial charge in [-0.05, 0) is 41.8 Å². The maximum absolute atomic E-state index is 13.4. The first-order valence-corrected chi connectivity index (χ1v) is 14.8. The molecular formula is C32H26N4O6S. The Morgan fingerprint density at radius 3 is 2.44 bits per heavy atom. The fraction of sp³-hybridized carbons (Fsp3) is 0.219. The smallest absolute Gasteiger partial charge is 0.264 e. The molecule has 3 aliphatic rings. The van der Waals surface area contributed by atoms with Crippen LogP contribution in [0.5, 0.6) is 5.75 Å². The summed E-state index contributed by atoms with van der Waals surface area (Å²) in [7, 11) is 0. The number of ether oxygens (including phenoxy) is 2. The number of amides is 4. The summed E-state index contributed by atoms with van der Waals surface area (Å²) in [6, 6.07) is 20.1. The molecule has 216 valence electrons. The molecule has 3 aliphatic heterocycles. The van der Waals surface area contributed by atoms with Gasteiger partial charge in [0.1, 0.15) is 22.9 Å². The van der Waals surface area contributed by atoms with Gasteiger partial charge in [0.2, 0.25) is 11.8 Å². The molecule has 0 bridgehead atoms. The molecule has 4 aromatic rings. The number of rotatable bonds is 8. The Bertz CT molecular complexity index is 1760. The normalized spacial score (nSPS) is 18.3. The maximum atomic E-state index is 13.4. The molecule has 10 nitrogen and oxygen atoms in total. The van der Waals surface area contributed by atoms with Crippen LogP contribution in [0.4, 0.5) is 5.69 Å². The highest BCUT2D eigenvalue weighted by Gasteiger charge is 2.45. The van der Waals surface area contributed by atoms with Crippen molar-refractivity contribution in [3.05, 3.63) is 88.9 Å². The second kappa shape index (κ2) is 11.1. The molecule has 2 saturated heterocycles. The molecule has 0 spiro atoms. The fourth-order valence-electron chi connectivity index (χ4n) is 5.47. The lowest BCUT2D eigenvalue weighted by Gasteiger charge is -2.27. The third-order valence-electron chi connectivity index (χ3n) is 7.71. The predicted octanol–water partition coefficient (Wildman–Crippen LogP) is 4.27. The van der Waals surface area contributed by atoms with Crippen molar-refractivity contribution in [2.24, 2.45) is 0 Å². The molecule has 0 radical (unpaired) electrons. The fourth-order valence-corrected chi connectivity index (χ4v) is 6.36. The van der Waals surface area contributed by atoms with E-state index in [2.05, 4.69) is 21.7 Å². The topological polar surface area (TPSA) is 127 Å². The van der Waals surface area contributed by atoms with Crippen molar-refractivity contribution in [1.82, 2.24) is 15.2 Å². The molecule has 0 aliphatic carbocycles. The number of carbonyl (C=O) groups is 4. The quantitative estimate of drug-likeness (QED) is 0.290. The zero-order valence-corrected chi connectivity index (χ0v) is 23.7. The van der Waals surface area contributed by atoms with Crippen LogP contribution in [0.1, 0.15) is 38.4 Å². The third-order valence-corrected chi connectivity index (χ3v) is 8.74. The van der Waals surface area contributed by atoms with E-state index in [0.29, 0.717) is 25.4 Å². The van der Waals surface area contributed by atoms with Crippen molar-refractivity contribution in [1.29, 1.82) is 0 Å². The molecular weight excluding hydrogens is 568 g/mol. The van der Waals surface area contributed by atoms with Gasteiger partial charge in [0.05, 0.1) is 30.9 Å². The van der Waals surface area contributed by atoms with Crippen molar-refractivity contribution in [2.75, 3.05) is 18.5 Å². The summed E-state index contributed by atoms with van der Waals surface area (Å²) in [6.07, 6.45) is 2.09. The molecule has 2 fully saturated rings. The number of imide groups is 2. The molecule has 1 atom stereocenters. The summed E-state index contributed by atoms with van der Waals surface area (Å²) in [5, 5.41) is 6.37. The van der Waals surface area contributed by atoms with E-state index in [9.17, 15) is 19.2 Å². The zero-order chi connectivity index (χ0) is 29.5. The summed E-state index contributed by atoms with van der Waals surface area (Å²) >= 11 is 1.54. The molecule has 1 aromatic heterocycles. The molecule has 0 saturated carbocycles. The minimum Gasteiger partial charge on any atom is -0.486 e. The molecule has 11 heteroatoms. The van der Waals surface area contributed by atoms with Crippen LogP contribution in [-0.2, 0) is 20.9 Å². The number of anilines is 1. The van der Waals surface area contributed by atoms with Crippen molar-refractivity contribution in [3.8, 4) is 27.4 Å². The number of aromatic nitrogens is 1. The SMILES string of the molecule is O=C1CCC(N2C(=O)c3cccc(NCc4cnc(-c5ccccc5-c5ccc(OC6COC6)cc5)s4)c3C2=O)C(=O)N1. The van der Waals surface area contributed by atoms with Crippen molar-refractivity contribution < 1.29 is 28.7 Å². The molecule has 43 heavy (non-hydrogen) atoms. The van der Waals surface area contributed by atoms with Gasteiger partial charge < -0.3 is 14.8 Å². The first-order chi connectivity index (χ1) is 21.0. The predicted molar refractivity (Wildman–Crippen MR) is 159 cm³/mol. The summed E-state index contributed by atoms with van der Waals surface area (Å²) in [4.78, 5) is 57.1.